The average molecular weight is 194 g/mol. The van der Waals surface area contributed by atoms with Crippen molar-refractivity contribution in [3.05, 3.63) is 18.5 Å². The Bertz CT molecular complexity index is 253. The van der Waals surface area contributed by atoms with Crippen LogP contribution in [0.4, 0.5) is 0 Å². The number of hydrogen-bond donors (Lipinski definition) is 1. The summed E-state index contributed by atoms with van der Waals surface area (Å²) >= 11 is 0. The lowest BCUT2D eigenvalue weighted by Crippen LogP contribution is -2.18. The molecule has 0 radical (unpaired) electrons. The summed E-state index contributed by atoms with van der Waals surface area (Å²) in [6.07, 6.45) is 6.36. The highest BCUT2D eigenvalue weighted by atomic mass is 15.4. The number of hydrazone groups is 1. The van der Waals surface area contributed by atoms with Gasteiger partial charge in [-0.2, -0.15) is 0 Å². The number of nitrogens with zero attached hydrogens (tertiary/aromatic N) is 3. The number of rotatable bonds is 2. The summed E-state index contributed by atoms with van der Waals surface area (Å²) in [5.74, 6) is 3.23. The molecule has 0 aromatic heterocycles. The minimum atomic E-state index is 0.646. The van der Waals surface area contributed by atoms with Gasteiger partial charge in [0, 0.05) is 32.6 Å². The third-order valence-electron chi connectivity index (χ3n) is 1.59. The number of allylic oxidation sites excluding steroid dienone is 1. The minimum Gasteiger partial charge on any atom is -0.340 e. The van der Waals surface area contributed by atoms with E-state index in [1.807, 2.05) is 40.2 Å². The Balaban J connectivity index is 0.000000280. The Hall–Kier alpha value is -1.54. The van der Waals surface area contributed by atoms with Gasteiger partial charge >= 0.3 is 0 Å². The molecule has 1 aliphatic heterocycles. The second-order valence-electron chi connectivity index (χ2n) is 2.83. The molecule has 4 nitrogen and oxygen atoms in total. The van der Waals surface area contributed by atoms with Crippen LogP contribution in [0, 0.1) is 5.41 Å². The summed E-state index contributed by atoms with van der Waals surface area (Å²) in [7, 11) is 3.74. The van der Waals surface area contributed by atoms with Crippen LogP contribution in [-0.2, 0) is 0 Å². The topological polar surface area (TPSA) is 42.7 Å². The summed E-state index contributed by atoms with van der Waals surface area (Å²) in [6, 6.07) is 0. The van der Waals surface area contributed by atoms with E-state index < -0.39 is 0 Å². The van der Waals surface area contributed by atoms with Crippen LogP contribution in [0.2, 0.25) is 0 Å². The van der Waals surface area contributed by atoms with E-state index in [1.54, 1.807) is 16.1 Å². The Labute approximate surface area is 85.7 Å². The molecule has 0 aromatic rings. The predicted molar refractivity (Wildman–Crippen MR) is 60.4 cm³/mol. The van der Waals surface area contributed by atoms with Gasteiger partial charge in [-0.25, -0.2) is 0 Å². The molecule has 1 heterocycles. The molecule has 0 amide bonds. The molecule has 0 aromatic carbocycles. The monoisotopic (exact) mass is 194 g/mol. The van der Waals surface area contributed by atoms with Gasteiger partial charge in [-0.05, 0) is 6.92 Å². The molecule has 0 saturated heterocycles. The quantitative estimate of drug-likeness (QED) is 0.538. The van der Waals surface area contributed by atoms with Gasteiger partial charge in [-0.15, -0.1) is 5.10 Å². The largest absolute Gasteiger partial charge is 0.340 e. The molecule has 1 rings (SSSR count). The highest BCUT2D eigenvalue weighted by molar-refractivity contribution is 5.79. The average Bonchev–Trinajstić information content (AvgIpc) is 2.15. The van der Waals surface area contributed by atoms with Crippen molar-refractivity contribution in [1.29, 1.82) is 5.41 Å². The second kappa shape index (κ2) is 6.92. The first-order valence-corrected chi connectivity index (χ1v) is 4.57. The zero-order valence-electron chi connectivity index (χ0n) is 9.28. The standard InChI is InChI=1S/C7H14N2.C3H4N2/c1-4-6-9(3)7(8)5-2;1-5-3-2-4-5/h4,6,8H,5H2,1-3H3;3H,1H3/b6-4-,8-7?;. The van der Waals surface area contributed by atoms with Crippen molar-refractivity contribution in [3.8, 4) is 0 Å². The van der Waals surface area contributed by atoms with E-state index in [9.17, 15) is 0 Å². The molecule has 78 valence electrons. The first-order valence-electron chi connectivity index (χ1n) is 4.57. The van der Waals surface area contributed by atoms with E-state index in [1.165, 1.54) is 0 Å². The Kier molecular flexibility index (Phi) is 6.16. The Morgan fingerprint density at radius 3 is 2.43 bits per heavy atom. The highest BCUT2D eigenvalue weighted by Crippen LogP contribution is 1.89. The first-order chi connectivity index (χ1) is 6.61. The zero-order chi connectivity index (χ0) is 11.0. The summed E-state index contributed by atoms with van der Waals surface area (Å²) < 4.78 is 0. The van der Waals surface area contributed by atoms with Crippen molar-refractivity contribution in [1.82, 2.24) is 9.91 Å². The van der Waals surface area contributed by atoms with Crippen LogP contribution >= 0.6 is 0 Å². The van der Waals surface area contributed by atoms with E-state index in [0.29, 0.717) is 5.84 Å². The Morgan fingerprint density at radius 2 is 2.21 bits per heavy atom. The fourth-order valence-corrected chi connectivity index (χ4v) is 0.736. The minimum absolute atomic E-state index is 0.646. The molecular formula is C10H18N4. The first kappa shape index (κ1) is 12.5. The lowest BCUT2D eigenvalue weighted by atomic mass is 10.4. The molecule has 0 saturated carbocycles. The molecule has 0 spiro atoms. The fourth-order valence-electron chi connectivity index (χ4n) is 0.736. The molecule has 14 heavy (non-hydrogen) atoms. The van der Waals surface area contributed by atoms with Gasteiger partial charge in [-0.1, -0.05) is 13.0 Å². The SMILES string of the molecule is C/C=C\N(C)C(=N)CC.CN1C=C=N1. The smallest absolute Gasteiger partial charge is 0.0992 e. The van der Waals surface area contributed by atoms with Crippen molar-refractivity contribution >= 4 is 11.7 Å². The molecule has 1 aliphatic rings. The van der Waals surface area contributed by atoms with Gasteiger partial charge in [0.05, 0.1) is 12.0 Å². The Morgan fingerprint density at radius 1 is 1.71 bits per heavy atom. The number of nitrogens with one attached hydrogen (secondary N) is 1. The number of hydrogen-bond acceptors (Lipinski definition) is 3. The van der Waals surface area contributed by atoms with Crippen LogP contribution in [-0.4, -0.2) is 35.7 Å². The zero-order valence-corrected chi connectivity index (χ0v) is 9.28. The lowest BCUT2D eigenvalue weighted by Gasteiger charge is -2.12. The summed E-state index contributed by atoms with van der Waals surface area (Å²) in [5.41, 5.74) is 0. The van der Waals surface area contributed by atoms with Gasteiger partial charge in [-0.3, -0.25) is 10.4 Å². The van der Waals surface area contributed by atoms with Crippen molar-refractivity contribution in [2.24, 2.45) is 5.10 Å². The molecule has 0 bridgehead atoms. The molecule has 0 unspecified atom stereocenters. The molecule has 4 heteroatoms. The predicted octanol–water partition coefficient (Wildman–Crippen LogP) is 1.87. The van der Waals surface area contributed by atoms with Crippen molar-refractivity contribution < 1.29 is 0 Å². The third kappa shape index (κ3) is 5.17. The van der Waals surface area contributed by atoms with Gasteiger partial charge in [0.1, 0.15) is 0 Å². The second-order valence-corrected chi connectivity index (χ2v) is 2.83. The highest BCUT2D eigenvalue weighted by Gasteiger charge is 1.93. The van der Waals surface area contributed by atoms with Gasteiger partial charge in [0.15, 0.2) is 0 Å². The van der Waals surface area contributed by atoms with E-state index >= 15 is 0 Å². The summed E-state index contributed by atoms with van der Waals surface area (Å²) in [5, 5.41) is 12.6. The van der Waals surface area contributed by atoms with Crippen LogP contribution < -0.4 is 0 Å². The normalized spacial score (nSPS) is 12.1. The molecule has 0 aliphatic carbocycles. The van der Waals surface area contributed by atoms with Crippen molar-refractivity contribution in [3.63, 3.8) is 0 Å². The van der Waals surface area contributed by atoms with E-state index in [4.69, 9.17) is 5.41 Å². The van der Waals surface area contributed by atoms with Crippen molar-refractivity contribution in [2.45, 2.75) is 20.3 Å². The molecular weight excluding hydrogens is 176 g/mol. The van der Waals surface area contributed by atoms with Gasteiger partial charge in [0.25, 0.3) is 0 Å². The summed E-state index contributed by atoms with van der Waals surface area (Å²) in [4.78, 5) is 1.81. The van der Waals surface area contributed by atoms with Crippen LogP contribution in [0.5, 0.6) is 0 Å². The van der Waals surface area contributed by atoms with Crippen LogP contribution in [0.25, 0.3) is 0 Å². The maximum atomic E-state index is 7.32. The van der Waals surface area contributed by atoms with E-state index in [2.05, 4.69) is 11.0 Å². The van der Waals surface area contributed by atoms with Gasteiger partial charge in [0.2, 0.25) is 0 Å². The maximum absolute atomic E-state index is 7.32. The molecule has 1 N–H and O–H groups in total. The van der Waals surface area contributed by atoms with Gasteiger partial charge < -0.3 is 4.90 Å². The summed E-state index contributed by atoms with van der Waals surface area (Å²) in [6.45, 7) is 3.92. The fraction of sp³-hybridized carbons (Fsp3) is 0.500. The third-order valence-corrected chi connectivity index (χ3v) is 1.59. The van der Waals surface area contributed by atoms with Crippen LogP contribution in [0.15, 0.2) is 23.6 Å². The van der Waals surface area contributed by atoms with E-state index in [0.717, 1.165) is 6.42 Å². The van der Waals surface area contributed by atoms with Crippen LogP contribution in [0.3, 0.4) is 0 Å². The van der Waals surface area contributed by atoms with E-state index in [-0.39, 0.29) is 0 Å². The maximum Gasteiger partial charge on any atom is 0.0992 e. The van der Waals surface area contributed by atoms with Crippen LogP contribution in [0.1, 0.15) is 20.3 Å². The number of amidine groups is 1. The lowest BCUT2D eigenvalue weighted by molar-refractivity contribution is 0.474. The van der Waals surface area contributed by atoms with Crippen molar-refractivity contribution in [2.75, 3.05) is 14.1 Å². The molecule has 0 atom stereocenters. The molecule has 0 fully saturated rings.